The number of para-hydroxylation sites is 2. The summed E-state index contributed by atoms with van der Waals surface area (Å²) in [5.74, 6) is -1.61. The van der Waals surface area contributed by atoms with Crippen molar-refractivity contribution in [3.63, 3.8) is 0 Å². The summed E-state index contributed by atoms with van der Waals surface area (Å²) in [7, 11) is 1.53. The summed E-state index contributed by atoms with van der Waals surface area (Å²) >= 11 is 6.28. The first-order valence-corrected chi connectivity index (χ1v) is 20.1. The maximum atomic E-state index is 14.7. The quantitative estimate of drug-likeness (QED) is 0.151. The molecule has 2 aliphatic heterocycles. The molecule has 1 saturated heterocycles. The zero-order valence-corrected chi connectivity index (χ0v) is 33.9. The van der Waals surface area contributed by atoms with E-state index in [-0.39, 0.29) is 44.4 Å². The molecule has 2 aromatic rings. The second-order valence-corrected chi connectivity index (χ2v) is 16.7. The molecule has 56 heavy (non-hydrogen) atoms. The lowest BCUT2D eigenvalue weighted by atomic mass is 9.84. The number of amides is 4. The lowest BCUT2D eigenvalue weighted by Crippen LogP contribution is -2.59. The Bertz CT molecular complexity index is 1770. The first-order valence-electron chi connectivity index (χ1n) is 19.7. The molecule has 4 atom stereocenters. The lowest BCUT2D eigenvalue weighted by molar-refractivity contribution is -0.145. The van der Waals surface area contributed by atoms with E-state index in [2.05, 4.69) is 21.1 Å². The Hall–Kier alpha value is -4.65. The molecule has 3 aliphatic rings. The van der Waals surface area contributed by atoms with Crippen molar-refractivity contribution in [3.05, 3.63) is 59.1 Å². The normalized spacial score (nSPS) is 20.7. The van der Waals surface area contributed by atoms with Gasteiger partial charge in [0.25, 0.3) is 5.91 Å². The van der Waals surface area contributed by atoms with E-state index in [0.717, 1.165) is 31.2 Å². The van der Waals surface area contributed by atoms with E-state index >= 15 is 0 Å². The molecule has 1 saturated carbocycles. The summed E-state index contributed by atoms with van der Waals surface area (Å²) in [4.78, 5) is 76.5. The van der Waals surface area contributed by atoms with E-state index in [4.69, 9.17) is 25.9 Å². The first kappa shape index (κ1) is 42.5. The largest absolute Gasteiger partial charge is 0.493 e. The third-order valence-electron chi connectivity index (χ3n) is 10.7. The van der Waals surface area contributed by atoms with Crippen molar-refractivity contribution < 1.29 is 38.3 Å². The molecule has 0 bridgehead atoms. The fourth-order valence-electron chi connectivity index (χ4n) is 7.77. The molecule has 304 valence electrons. The zero-order chi connectivity index (χ0) is 40.5. The molecule has 5 rings (SSSR count). The number of hydrogen-bond donors (Lipinski definition) is 3. The molecule has 2 fully saturated rings. The summed E-state index contributed by atoms with van der Waals surface area (Å²) in [6.07, 6.45) is 6.72. The fraction of sp³-hybridized carbons (Fsp3) is 0.571. The van der Waals surface area contributed by atoms with Gasteiger partial charge in [0.05, 0.1) is 32.0 Å². The number of methoxy groups -OCH3 is 1. The van der Waals surface area contributed by atoms with Crippen LogP contribution in [0.5, 0.6) is 11.5 Å². The van der Waals surface area contributed by atoms with Crippen molar-refractivity contribution in [2.45, 2.75) is 116 Å². The van der Waals surface area contributed by atoms with Gasteiger partial charge in [0.1, 0.15) is 18.7 Å². The monoisotopic (exact) mass is 793 g/mol. The average molecular weight is 794 g/mol. The Kier molecular flexibility index (Phi) is 14.4. The van der Waals surface area contributed by atoms with Crippen LogP contribution in [0.15, 0.2) is 53.7 Å². The molecule has 13 nitrogen and oxygen atoms in total. The van der Waals surface area contributed by atoms with E-state index in [9.17, 15) is 24.0 Å². The van der Waals surface area contributed by atoms with Crippen LogP contribution in [0.25, 0.3) is 0 Å². The smallest absolute Gasteiger partial charge is 0.289 e. The fourth-order valence-corrected chi connectivity index (χ4v) is 7.96. The minimum atomic E-state index is -1.15. The number of carbonyl (C=O) groups is 5. The number of Topliss-reactive ketones (excluding diaryl/α,β-unsaturated/α-hetero) is 1. The second kappa shape index (κ2) is 19.0. The van der Waals surface area contributed by atoms with Crippen LogP contribution < -0.4 is 25.4 Å². The Morgan fingerprint density at radius 1 is 1.02 bits per heavy atom. The molecule has 1 spiro atoms. The van der Waals surface area contributed by atoms with Crippen molar-refractivity contribution in [1.29, 1.82) is 0 Å². The predicted octanol–water partition coefficient (Wildman–Crippen LogP) is 5.36. The van der Waals surface area contributed by atoms with Gasteiger partial charge in [-0.2, -0.15) is 0 Å². The number of hydrogen-bond acceptors (Lipinski definition) is 9. The van der Waals surface area contributed by atoms with E-state index in [1.54, 1.807) is 36.4 Å². The number of likely N-dealkylation sites (tertiary alicyclic amines) is 1. The average Bonchev–Trinajstić information content (AvgIpc) is 3.78. The number of ketones is 1. The lowest BCUT2D eigenvalue weighted by Gasteiger charge is -2.36. The van der Waals surface area contributed by atoms with E-state index in [0.29, 0.717) is 41.5 Å². The van der Waals surface area contributed by atoms with Crippen LogP contribution in [0.4, 0.5) is 0 Å². The van der Waals surface area contributed by atoms with Gasteiger partial charge in [-0.05, 0) is 54.9 Å². The number of nitrogens with one attached hydrogen (secondary N) is 3. The van der Waals surface area contributed by atoms with Crippen molar-refractivity contribution >= 4 is 46.7 Å². The third kappa shape index (κ3) is 10.8. The summed E-state index contributed by atoms with van der Waals surface area (Å²) in [5, 5.41) is 13.3. The van der Waals surface area contributed by atoms with Crippen LogP contribution >= 0.6 is 11.6 Å². The topological polar surface area (TPSA) is 165 Å². The Balaban J connectivity index is 1.32. The van der Waals surface area contributed by atoms with Crippen LogP contribution in [0.2, 0.25) is 5.02 Å². The molecule has 0 unspecified atom stereocenters. The maximum Gasteiger partial charge on any atom is 0.289 e. The van der Waals surface area contributed by atoms with E-state index in [1.807, 2.05) is 39.8 Å². The van der Waals surface area contributed by atoms with Gasteiger partial charge in [-0.3, -0.25) is 24.0 Å². The molecule has 2 aromatic carbocycles. The number of ether oxygens (including phenoxy) is 2. The van der Waals surface area contributed by atoms with E-state index in [1.165, 1.54) is 18.4 Å². The number of carbonyl (C=O) groups excluding carboxylic acids is 5. The van der Waals surface area contributed by atoms with E-state index < -0.39 is 52.6 Å². The van der Waals surface area contributed by atoms with Crippen molar-refractivity contribution in [2.75, 3.05) is 26.8 Å². The molecule has 4 amide bonds. The van der Waals surface area contributed by atoms with Crippen molar-refractivity contribution in [3.8, 4) is 11.5 Å². The highest BCUT2D eigenvalue weighted by Gasteiger charge is 2.55. The Morgan fingerprint density at radius 3 is 2.43 bits per heavy atom. The van der Waals surface area contributed by atoms with Crippen LogP contribution in [0, 0.1) is 11.3 Å². The SMILES string of the molecule is CCC[C@H](NC(=O)[C@@H]1C[C@]2(CC(c3cccc(Cl)c3)=NO2)CN1C(=O)[C@@H](NC(=O)CC1CCCCC1)C(C)(C)C)C(=O)C(=O)NCCOc1ccccc1OC. The molecule has 0 radical (unpaired) electrons. The highest BCUT2D eigenvalue weighted by Crippen LogP contribution is 2.40. The van der Waals surface area contributed by atoms with Crippen LogP contribution in [0.3, 0.4) is 0 Å². The Morgan fingerprint density at radius 2 is 1.75 bits per heavy atom. The zero-order valence-electron chi connectivity index (χ0n) is 33.2. The highest BCUT2D eigenvalue weighted by molar-refractivity contribution is 6.38. The van der Waals surface area contributed by atoms with Gasteiger partial charge < -0.3 is 35.2 Å². The molecule has 1 aliphatic carbocycles. The van der Waals surface area contributed by atoms with Crippen LogP contribution in [-0.4, -0.2) is 90.6 Å². The van der Waals surface area contributed by atoms with Gasteiger partial charge in [-0.25, -0.2) is 0 Å². The Labute approximate surface area is 334 Å². The maximum absolute atomic E-state index is 14.7. The van der Waals surface area contributed by atoms with Gasteiger partial charge >= 0.3 is 0 Å². The molecule has 3 N–H and O–H groups in total. The summed E-state index contributed by atoms with van der Waals surface area (Å²) < 4.78 is 11.0. The third-order valence-corrected chi connectivity index (χ3v) is 11.0. The summed E-state index contributed by atoms with van der Waals surface area (Å²) in [6, 6.07) is 11.1. The van der Waals surface area contributed by atoms with Gasteiger partial charge in [-0.1, -0.05) is 94.4 Å². The number of rotatable bonds is 16. The number of halogens is 1. The number of nitrogens with zero attached hydrogens (tertiary/aromatic N) is 2. The highest BCUT2D eigenvalue weighted by atomic mass is 35.5. The minimum Gasteiger partial charge on any atom is -0.493 e. The van der Waals surface area contributed by atoms with Gasteiger partial charge in [0, 0.05) is 29.8 Å². The van der Waals surface area contributed by atoms with Crippen molar-refractivity contribution in [1.82, 2.24) is 20.9 Å². The van der Waals surface area contributed by atoms with Crippen LogP contribution in [0.1, 0.15) is 97.5 Å². The molecule has 0 aromatic heterocycles. The summed E-state index contributed by atoms with van der Waals surface area (Å²) in [6.45, 7) is 7.60. The standard InChI is InChI=1S/C42H56ClN5O8/c1-6-13-30(36(50)39(52)44-20-21-55-34-19-11-10-18-33(34)54-5)45-38(51)32-25-42(24-31(47-56-42)28-16-12-17-29(43)23-28)26-48(32)40(53)37(41(2,3)4)46-35(49)22-27-14-8-7-9-15-27/h10-12,16-19,23,27,30,32,37H,6-9,13-15,20-22,24-26H2,1-5H3,(H,44,52)(H,45,51)(H,46,49)/t30-,32-,37+,42+/m0/s1. The molecule has 2 heterocycles. The molecular weight excluding hydrogens is 738 g/mol. The summed E-state index contributed by atoms with van der Waals surface area (Å²) in [5.41, 5.74) is -0.369. The predicted molar refractivity (Wildman–Crippen MR) is 212 cm³/mol. The first-order chi connectivity index (χ1) is 26.7. The molecule has 14 heteroatoms. The van der Waals surface area contributed by atoms with Gasteiger partial charge in [0.2, 0.25) is 23.5 Å². The second-order valence-electron chi connectivity index (χ2n) is 16.2. The number of oxime groups is 1. The van der Waals surface area contributed by atoms with Gasteiger partial charge in [0.15, 0.2) is 17.1 Å². The van der Waals surface area contributed by atoms with Gasteiger partial charge in [-0.15, -0.1) is 0 Å². The molecular formula is C42H56ClN5O8. The number of benzene rings is 2. The van der Waals surface area contributed by atoms with Crippen LogP contribution in [-0.2, 0) is 28.8 Å². The minimum absolute atomic E-state index is 0.0155. The van der Waals surface area contributed by atoms with Crippen molar-refractivity contribution in [2.24, 2.45) is 16.5 Å².